The van der Waals surface area contributed by atoms with Crippen molar-refractivity contribution in [3.8, 4) is 11.5 Å². The summed E-state index contributed by atoms with van der Waals surface area (Å²) in [6, 6.07) is 16.4. The van der Waals surface area contributed by atoms with Crippen LogP contribution in [0.5, 0.6) is 11.5 Å². The fourth-order valence-corrected chi connectivity index (χ4v) is 3.38. The molecule has 1 aliphatic heterocycles. The Hall–Kier alpha value is -3.25. The van der Waals surface area contributed by atoms with Gasteiger partial charge in [0, 0.05) is 23.4 Å². The molecule has 0 saturated carbocycles. The number of fused-ring (bicyclic) bond motifs is 1. The summed E-state index contributed by atoms with van der Waals surface area (Å²) in [6.07, 6.45) is 1.08. The maximum absolute atomic E-state index is 13.1. The second-order valence-electron chi connectivity index (χ2n) is 6.21. The summed E-state index contributed by atoms with van der Waals surface area (Å²) in [6.45, 7) is 0. The predicted octanol–water partition coefficient (Wildman–Crippen LogP) is 4.52. The minimum atomic E-state index is -0.445. The van der Waals surface area contributed by atoms with E-state index in [-0.39, 0.29) is 5.91 Å². The molecule has 28 heavy (non-hydrogen) atoms. The summed E-state index contributed by atoms with van der Waals surface area (Å²) in [7, 11) is 3.19. The number of amides is 1. The van der Waals surface area contributed by atoms with E-state index in [4.69, 9.17) is 21.1 Å². The van der Waals surface area contributed by atoms with Crippen molar-refractivity contribution in [1.29, 1.82) is 0 Å². The topological polar surface area (TPSA) is 63.7 Å². The first-order valence-corrected chi connectivity index (χ1v) is 9.03. The summed E-state index contributed by atoms with van der Waals surface area (Å²) in [4.78, 5) is 19.1. The molecule has 1 N–H and O–H groups in total. The van der Waals surface area contributed by atoms with Gasteiger partial charge in [-0.3, -0.25) is 9.69 Å². The Bertz CT molecular complexity index is 1020. The van der Waals surface area contributed by atoms with Crippen LogP contribution in [0.4, 0.5) is 11.5 Å². The number of methoxy groups -OCH3 is 2. The quantitative estimate of drug-likeness (QED) is 0.688. The Labute approximate surface area is 167 Å². The highest BCUT2D eigenvalue weighted by Crippen LogP contribution is 2.39. The first-order valence-electron chi connectivity index (χ1n) is 8.65. The van der Waals surface area contributed by atoms with Crippen LogP contribution in [0.1, 0.15) is 22.1 Å². The van der Waals surface area contributed by atoms with Gasteiger partial charge in [-0.05, 0) is 30.3 Å². The van der Waals surface area contributed by atoms with Gasteiger partial charge >= 0.3 is 0 Å². The number of benzene rings is 2. The maximum atomic E-state index is 13.1. The van der Waals surface area contributed by atoms with Gasteiger partial charge in [0.15, 0.2) is 0 Å². The number of rotatable bonds is 5. The Kier molecular flexibility index (Phi) is 4.79. The van der Waals surface area contributed by atoms with Crippen LogP contribution in [-0.2, 0) is 0 Å². The van der Waals surface area contributed by atoms with E-state index in [1.807, 2.05) is 36.4 Å². The number of pyridine rings is 1. The molecule has 0 bridgehead atoms. The van der Waals surface area contributed by atoms with Gasteiger partial charge in [0.25, 0.3) is 5.91 Å². The number of nitrogens with one attached hydrogen (secondary N) is 1. The third kappa shape index (κ3) is 3.12. The van der Waals surface area contributed by atoms with Gasteiger partial charge in [0.05, 0.1) is 24.9 Å². The van der Waals surface area contributed by atoms with Crippen molar-refractivity contribution < 1.29 is 14.3 Å². The van der Waals surface area contributed by atoms with E-state index >= 15 is 0 Å². The van der Waals surface area contributed by atoms with E-state index in [9.17, 15) is 4.79 Å². The molecular formula is C21H18ClN3O3. The first-order chi connectivity index (χ1) is 13.6. The number of nitrogens with zero attached hydrogens (tertiary/aromatic N) is 2. The molecule has 0 spiro atoms. The molecule has 1 atom stereocenters. The lowest BCUT2D eigenvalue weighted by Crippen LogP contribution is -2.33. The predicted molar refractivity (Wildman–Crippen MR) is 108 cm³/mol. The smallest absolute Gasteiger partial charge is 0.261 e. The van der Waals surface area contributed by atoms with Crippen LogP contribution in [0.15, 0.2) is 60.8 Å². The van der Waals surface area contributed by atoms with E-state index < -0.39 is 6.17 Å². The van der Waals surface area contributed by atoms with Crippen molar-refractivity contribution in [3.05, 3.63) is 76.9 Å². The zero-order chi connectivity index (χ0) is 19.7. The van der Waals surface area contributed by atoms with Crippen LogP contribution in [0.25, 0.3) is 0 Å². The molecule has 142 valence electrons. The molecular weight excluding hydrogens is 378 g/mol. The molecule has 4 rings (SSSR count). The van der Waals surface area contributed by atoms with Crippen molar-refractivity contribution >= 4 is 29.0 Å². The van der Waals surface area contributed by atoms with Crippen LogP contribution >= 0.6 is 11.6 Å². The third-order valence-corrected chi connectivity index (χ3v) is 4.85. The normalized spacial score (nSPS) is 15.3. The van der Waals surface area contributed by atoms with E-state index in [2.05, 4.69) is 10.3 Å². The second-order valence-corrected chi connectivity index (χ2v) is 6.65. The van der Waals surface area contributed by atoms with E-state index in [1.165, 1.54) is 6.20 Å². The largest absolute Gasteiger partial charge is 0.497 e. The molecule has 6 nitrogen and oxygen atoms in total. The van der Waals surface area contributed by atoms with Crippen molar-refractivity contribution in [2.75, 3.05) is 24.4 Å². The van der Waals surface area contributed by atoms with E-state index in [0.717, 1.165) is 11.3 Å². The standard InChI is InChI=1S/C21H18ClN3O3/c1-27-14-8-9-17(18(11-14)28-2)24-20-15-5-3-4-6-16(15)21(26)25(20)19-10-7-13(22)12-23-19/h3-12,20,24H,1-2H3/t20-/m0/s1. The highest BCUT2D eigenvalue weighted by atomic mass is 35.5. The van der Waals surface area contributed by atoms with Gasteiger partial charge in [-0.2, -0.15) is 0 Å². The number of ether oxygens (including phenoxy) is 2. The van der Waals surface area contributed by atoms with Gasteiger partial charge in [0.2, 0.25) is 0 Å². The number of aromatic nitrogens is 1. The number of carbonyl (C=O) groups excluding carboxylic acids is 1. The molecule has 0 unspecified atom stereocenters. The average molecular weight is 396 g/mol. The lowest BCUT2D eigenvalue weighted by atomic mass is 10.1. The van der Waals surface area contributed by atoms with Gasteiger partial charge in [0.1, 0.15) is 23.5 Å². The minimum absolute atomic E-state index is 0.129. The number of hydrogen-bond donors (Lipinski definition) is 1. The van der Waals surface area contributed by atoms with Gasteiger partial charge in [-0.15, -0.1) is 0 Å². The zero-order valence-corrected chi connectivity index (χ0v) is 16.1. The average Bonchev–Trinajstić information content (AvgIpc) is 3.01. The molecule has 1 amide bonds. The lowest BCUT2D eigenvalue weighted by molar-refractivity contribution is 0.0992. The van der Waals surface area contributed by atoms with Crippen LogP contribution < -0.4 is 19.7 Å². The fourth-order valence-electron chi connectivity index (χ4n) is 3.27. The summed E-state index contributed by atoms with van der Waals surface area (Å²) in [5.41, 5.74) is 2.23. The molecule has 1 aliphatic rings. The van der Waals surface area contributed by atoms with Crippen LogP contribution in [0, 0.1) is 0 Å². The monoisotopic (exact) mass is 395 g/mol. The Morgan fingerprint density at radius 1 is 1.07 bits per heavy atom. The van der Waals surface area contributed by atoms with E-state index in [1.54, 1.807) is 37.3 Å². The molecule has 0 radical (unpaired) electrons. The van der Waals surface area contributed by atoms with Crippen molar-refractivity contribution in [2.24, 2.45) is 0 Å². The van der Waals surface area contributed by atoms with Gasteiger partial charge in [-0.25, -0.2) is 4.98 Å². The lowest BCUT2D eigenvalue weighted by Gasteiger charge is -2.27. The number of hydrogen-bond acceptors (Lipinski definition) is 5. The summed E-state index contributed by atoms with van der Waals surface area (Å²) in [5.74, 6) is 1.67. The Morgan fingerprint density at radius 3 is 2.61 bits per heavy atom. The third-order valence-electron chi connectivity index (χ3n) is 4.62. The number of carbonyl (C=O) groups is 1. The molecule has 3 aromatic rings. The summed E-state index contributed by atoms with van der Waals surface area (Å²) in [5, 5.41) is 3.92. The highest BCUT2D eigenvalue weighted by molar-refractivity contribution is 6.30. The van der Waals surface area contributed by atoms with Crippen LogP contribution in [0.2, 0.25) is 5.02 Å². The van der Waals surface area contributed by atoms with E-state index in [0.29, 0.717) is 27.9 Å². The molecule has 0 saturated heterocycles. The molecule has 2 heterocycles. The highest BCUT2D eigenvalue weighted by Gasteiger charge is 2.38. The number of halogens is 1. The molecule has 1 aromatic heterocycles. The minimum Gasteiger partial charge on any atom is -0.497 e. The van der Waals surface area contributed by atoms with Crippen molar-refractivity contribution in [2.45, 2.75) is 6.17 Å². The second kappa shape index (κ2) is 7.40. The maximum Gasteiger partial charge on any atom is 0.261 e. The Balaban J connectivity index is 1.78. The summed E-state index contributed by atoms with van der Waals surface area (Å²) < 4.78 is 10.8. The fraction of sp³-hybridized carbons (Fsp3) is 0.143. The molecule has 0 fully saturated rings. The van der Waals surface area contributed by atoms with Crippen LogP contribution in [-0.4, -0.2) is 25.1 Å². The van der Waals surface area contributed by atoms with Gasteiger partial charge in [-0.1, -0.05) is 29.8 Å². The molecule has 0 aliphatic carbocycles. The molecule has 2 aromatic carbocycles. The summed E-state index contributed by atoms with van der Waals surface area (Å²) >= 11 is 5.97. The molecule has 7 heteroatoms. The SMILES string of the molecule is COc1ccc(N[C@@H]2c3ccccc3C(=O)N2c2ccc(Cl)cn2)c(OC)c1. The Morgan fingerprint density at radius 2 is 1.89 bits per heavy atom. The first kappa shape index (κ1) is 18.1. The van der Waals surface area contributed by atoms with Crippen molar-refractivity contribution in [1.82, 2.24) is 4.98 Å². The van der Waals surface area contributed by atoms with Crippen LogP contribution in [0.3, 0.4) is 0 Å². The van der Waals surface area contributed by atoms with Crippen molar-refractivity contribution in [3.63, 3.8) is 0 Å². The zero-order valence-electron chi connectivity index (χ0n) is 15.3. The number of anilines is 2. The van der Waals surface area contributed by atoms with Gasteiger partial charge < -0.3 is 14.8 Å².